The van der Waals surface area contributed by atoms with Gasteiger partial charge < -0.3 is 9.36 Å². The summed E-state index contributed by atoms with van der Waals surface area (Å²) in [5.74, 6) is -0.230. The van der Waals surface area contributed by atoms with E-state index in [1.54, 1.807) is 6.07 Å². The first kappa shape index (κ1) is 9.90. The molecule has 2 rings (SSSR count). The lowest BCUT2D eigenvalue weighted by molar-refractivity contribution is -0.107. The highest BCUT2D eigenvalue weighted by Crippen LogP contribution is 2.22. The number of fused-ring (bicyclic) bond motifs is 1. The minimum Gasteiger partial charge on any atom is -0.342 e. The van der Waals surface area contributed by atoms with Gasteiger partial charge in [0.1, 0.15) is 12.1 Å². The SMILES string of the molecule is CCn1c(CC=O)cc2cccc(F)c21. The quantitative estimate of drug-likeness (QED) is 0.706. The molecule has 2 nitrogen and oxygen atoms in total. The fourth-order valence-corrected chi connectivity index (χ4v) is 1.95. The first-order valence-electron chi connectivity index (χ1n) is 4.98. The predicted molar refractivity (Wildman–Crippen MR) is 57.3 cm³/mol. The standard InChI is InChI=1S/C12H12FNO/c1-2-14-10(6-7-15)8-9-4-3-5-11(13)12(9)14/h3-5,7-8H,2,6H2,1H3. The zero-order valence-corrected chi connectivity index (χ0v) is 8.53. The van der Waals surface area contributed by atoms with Crippen LogP contribution in [0.1, 0.15) is 12.6 Å². The zero-order chi connectivity index (χ0) is 10.8. The van der Waals surface area contributed by atoms with Crippen LogP contribution in [0.15, 0.2) is 24.3 Å². The van der Waals surface area contributed by atoms with Crippen LogP contribution in [0.4, 0.5) is 4.39 Å². The summed E-state index contributed by atoms with van der Waals surface area (Å²) in [6, 6.07) is 6.86. The molecule has 3 heteroatoms. The Bertz CT molecular complexity index is 502. The number of hydrogen-bond donors (Lipinski definition) is 0. The second kappa shape index (κ2) is 3.85. The molecule has 0 radical (unpaired) electrons. The van der Waals surface area contributed by atoms with E-state index in [-0.39, 0.29) is 5.82 Å². The number of rotatable bonds is 3. The third-order valence-corrected chi connectivity index (χ3v) is 2.57. The Morgan fingerprint density at radius 1 is 1.47 bits per heavy atom. The van der Waals surface area contributed by atoms with Crippen molar-refractivity contribution in [2.45, 2.75) is 19.9 Å². The summed E-state index contributed by atoms with van der Waals surface area (Å²) >= 11 is 0. The molecule has 0 aliphatic rings. The molecular weight excluding hydrogens is 193 g/mol. The maximum atomic E-state index is 13.6. The highest BCUT2D eigenvalue weighted by molar-refractivity contribution is 5.82. The summed E-state index contributed by atoms with van der Waals surface area (Å²) in [6.45, 7) is 2.62. The van der Waals surface area contributed by atoms with Gasteiger partial charge in [-0.25, -0.2) is 4.39 Å². The lowest BCUT2D eigenvalue weighted by atomic mass is 10.2. The second-order valence-corrected chi connectivity index (χ2v) is 3.43. The maximum Gasteiger partial charge on any atom is 0.147 e. The Morgan fingerprint density at radius 2 is 2.27 bits per heavy atom. The van der Waals surface area contributed by atoms with Gasteiger partial charge in [0.15, 0.2) is 0 Å². The molecule has 0 aliphatic heterocycles. The van der Waals surface area contributed by atoms with Gasteiger partial charge in [-0.15, -0.1) is 0 Å². The molecule has 78 valence electrons. The van der Waals surface area contributed by atoms with Crippen molar-refractivity contribution < 1.29 is 9.18 Å². The molecule has 15 heavy (non-hydrogen) atoms. The number of aldehydes is 1. The van der Waals surface area contributed by atoms with Gasteiger partial charge in [0.25, 0.3) is 0 Å². The molecule has 2 aromatic rings. The van der Waals surface area contributed by atoms with Crippen molar-refractivity contribution in [2.75, 3.05) is 0 Å². The summed E-state index contributed by atoms with van der Waals surface area (Å²) in [5.41, 5.74) is 1.46. The van der Waals surface area contributed by atoms with Crippen LogP contribution in [0.25, 0.3) is 10.9 Å². The van der Waals surface area contributed by atoms with Crippen LogP contribution in [0.5, 0.6) is 0 Å². The molecule has 0 fully saturated rings. The molecule has 1 aromatic carbocycles. The van der Waals surface area contributed by atoms with Crippen LogP contribution in [0, 0.1) is 5.82 Å². The van der Waals surface area contributed by atoms with Crippen LogP contribution >= 0.6 is 0 Å². The molecular formula is C12H12FNO. The van der Waals surface area contributed by atoms with E-state index < -0.39 is 0 Å². The number of carbonyl (C=O) groups excluding carboxylic acids is 1. The van der Waals surface area contributed by atoms with Gasteiger partial charge in [0.05, 0.1) is 5.52 Å². The van der Waals surface area contributed by atoms with Crippen LogP contribution in [-0.4, -0.2) is 10.9 Å². The van der Waals surface area contributed by atoms with Gasteiger partial charge in [0, 0.05) is 24.0 Å². The Labute approximate surface area is 87.3 Å². The van der Waals surface area contributed by atoms with Crippen molar-refractivity contribution >= 4 is 17.2 Å². The van der Waals surface area contributed by atoms with Gasteiger partial charge in [-0.05, 0) is 19.1 Å². The maximum absolute atomic E-state index is 13.6. The molecule has 0 amide bonds. The highest BCUT2D eigenvalue weighted by atomic mass is 19.1. The first-order valence-corrected chi connectivity index (χ1v) is 4.98. The van der Waals surface area contributed by atoms with Crippen LogP contribution in [0.3, 0.4) is 0 Å². The summed E-state index contributed by atoms with van der Waals surface area (Å²) in [7, 11) is 0. The topological polar surface area (TPSA) is 22.0 Å². The zero-order valence-electron chi connectivity index (χ0n) is 8.53. The number of nitrogens with zero attached hydrogens (tertiary/aromatic N) is 1. The van der Waals surface area contributed by atoms with Crippen molar-refractivity contribution in [2.24, 2.45) is 0 Å². The summed E-state index contributed by atoms with van der Waals surface area (Å²) in [6.07, 6.45) is 1.18. The Morgan fingerprint density at radius 3 is 2.93 bits per heavy atom. The molecule has 1 aromatic heterocycles. The predicted octanol–water partition coefficient (Wildman–Crippen LogP) is 2.54. The molecule has 0 saturated carbocycles. The number of benzene rings is 1. The van der Waals surface area contributed by atoms with Gasteiger partial charge in [-0.2, -0.15) is 0 Å². The van der Waals surface area contributed by atoms with Crippen molar-refractivity contribution in [1.29, 1.82) is 0 Å². The summed E-state index contributed by atoms with van der Waals surface area (Å²) in [4.78, 5) is 10.5. The van der Waals surface area contributed by atoms with Gasteiger partial charge in [-0.3, -0.25) is 0 Å². The highest BCUT2D eigenvalue weighted by Gasteiger charge is 2.10. The van der Waals surface area contributed by atoms with Crippen LogP contribution < -0.4 is 0 Å². The van der Waals surface area contributed by atoms with E-state index >= 15 is 0 Å². The monoisotopic (exact) mass is 205 g/mol. The van der Waals surface area contributed by atoms with E-state index in [4.69, 9.17) is 0 Å². The third-order valence-electron chi connectivity index (χ3n) is 2.57. The van der Waals surface area contributed by atoms with E-state index in [9.17, 15) is 9.18 Å². The molecule has 0 spiro atoms. The molecule has 0 aliphatic carbocycles. The number of hydrogen-bond acceptors (Lipinski definition) is 1. The van der Waals surface area contributed by atoms with Gasteiger partial charge in [0.2, 0.25) is 0 Å². The minimum atomic E-state index is -0.230. The Kier molecular flexibility index (Phi) is 2.54. The van der Waals surface area contributed by atoms with Crippen molar-refractivity contribution in [3.63, 3.8) is 0 Å². The normalized spacial score (nSPS) is 10.8. The number of halogens is 1. The van der Waals surface area contributed by atoms with Crippen LogP contribution in [-0.2, 0) is 17.8 Å². The fourth-order valence-electron chi connectivity index (χ4n) is 1.95. The molecule has 0 N–H and O–H groups in total. The van der Waals surface area contributed by atoms with Gasteiger partial charge >= 0.3 is 0 Å². The Hall–Kier alpha value is -1.64. The average Bonchev–Trinajstić information content (AvgIpc) is 2.57. The van der Waals surface area contributed by atoms with E-state index in [0.717, 1.165) is 17.4 Å². The lowest BCUT2D eigenvalue weighted by Gasteiger charge is -2.05. The van der Waals surface area contributed by atoms with Gasteiger partial charge in [-0.1, -0.05) is 12.1 Å². The van der Waals surface area contributed by atoms with E-state index in [2.05, 4.69) is 0 Å². The number of carbonyl (C=O) groups is 1. The molecule has 1 heterocycles. The lowest BCUT2D eigenvalue weighted by Crippen LogP contribution is -2.01. The minimum absolute atomic E-state index is 0.230. The smallest absolute Gasteiger partial charge is 0.147 e. The molecule has 0 atom stereocenters. The largest absolute Gasteiger partial charge is 0.342 e. The second-order valence-electron chi connectivity index (χ2n) is 3.43. The van der Waals surface area contributed by atoms with E-state index in [0.29, 0.717) is 18.5 Å². The summed E-state index contributed by atoms with van der Waals surface area (Å²) in [5, 5.41) is 0.855. The average molecular weight is 205 g/mol. The van der Waals surface area contributed by atoms with Crippen molar-refractivity contribution in [3.05, 3.63) is 35.8 Å². The molecule has 0 unspecified atom stereocenters. The molecule has 0 saturated heterocycles. The van der Waals surface area contributed by atoms with Crippen molar-refractivity contribution in [1.82, 2.24) is 4.57 Å². The van der Waals surface area contributed by atoms with Crippen LogP contribution in [0.2, 0.25) is 0 Å². The van der Waals surface area contributed by atoms with E-state index in [1.165, 1.54) is 6.07 Å². The third kappa shape index (κ3) is 1.54. The summed E-state index contributed by atoms with van der Waals surface area (Å²) < 4.78 is 15.4. The Balaban J connectivity index is 2.73. The number of aromatic nitrogens is 1. The first-order chi connectivity index (χ1) is 7.27. The molecule has 0 bridgehead atoms. The number of para-hydroxylation sites is 1. The number of aryl methyl sites for hydroxylation is 1. The fraction of sp³-hybridized carbons (Fsp3) is 0.250. The van der Waals surface area contributed by atoms with Crippen molar-refractivity contribution in [3.8, 4) is 0 Å². The van der Waals surface area contributed by atoms with E-state index in [1.807, 2.05) is 23.6 Å².